The van der Waals surface area contributed by atoms with Crippen molar-refractivity contribution in [3.05, 3.63) is 69.7 Å². The summed E-state index contributed by atoms with van der Waals surface area (Å²) in [6.07, 6.45) is -0.335. The zero-order valence-electron chi connectivity index (χ0n) is 19.3. The van der Waals surface area contributed by atoms with Crippen LogP contribution in [0, 0.1) is 52.8 Å². The molecular formula is C29H22Cl2O4. The number of carbonyl (C=O) groups is 2. The summed E-state index contributed by atoms with van der Waals surface area (Å²) in [6.45, 7) is 3.49. The summed E-state index contributed by atoms with van der Waals surface area (Å²) in [6, 6.07) is 13.9. The predicted octanol–water partition coefficient (Wildman–Crippen LogP) is 5.30. The maximum atomic E-state index is 12.9. The van der Waals surface area contributed by atoms with Crippen LogP contribution >= 0.6 is 23.2 Å². The lowest BCUT2D eigenvalue weighted by Gasteiger charge is -2.25. The van der Waals surface area contributed by atoms with Crippen LogP contribution in [0.15, 0.2) is 48.5 Å². The summed E-state index contributed by atoms with van der Waals surface area (Å²) in [7, 11) is 0. The molecule has 0 bridgehead atoms. The highest BCUT2D eigenvalue weighted by Gasteiger charge is 2.48. The molecule has 0 aliphatic heterocycles. The van der Waals surface area contributed by atoms with Gasteiger partial charge in [0.2, 0.25) is 0 Å². The Bertz CT molecular complexity index is 1180. The first kappa shape index (κ1) is 27.4. The van der Waals surface area contributed by atoms with Crippen molar-refractivity contribution in [2.45, 2.75) is 26.7 Å². The molecule has 0 fully saturated rings. The molecule has 0 spiro atoms. The Hall–Kier alpha value is -3.80. The van der Waals surface area contributed by atoms with Crippen molar-refractivity contribution >= 4 is 35.1 Å². The lowest BCUT2D eigenvalue weighted by atomic mass is 9.81. The lowest BCUT2D eigenvalue weighted by molar-refractivity contribution is -0.171. The van der Waals surface area contributed by atoms with Crippen LogP contribution in [0.4, 0.5) is 0 Å². The molecule has 2 aromatic rings. The van der Waals surface area contributed by atoms with E-state index in [9.17, 15) is 9.59 Å². The quantitative estimate of drug-likeness (QED) is 0.304. The molecule has 0 aliphatic carbocycles. The highest BCUT2D eigenvalue weighted by Crippen LogP contribution is 2.30. The van der Waals surface area contributed by atoms with Gasteiger partial charge in [-0.15, -0.1) is 0 Å². The van der Waals surface area contributed by atoms with Crippen LogP contribution in [0.3, 0.4) is 0 Å². The van der Waals surface area contributed by atoms with Crippen LogP contribution < -0.4 is 0 Å². The first-order valence-corrected chi connectivity index (χ1v) is 11.5. The monoisotopic (exact) mass is 504 g/mol. The Labute approximate surface area is 216 Å². The van der Waals surface area contributed by atoms with Gasteiger partial charge in [0.1, 0.15) is 0 Å². The van der Waals surface area contributed by atoms with Gasteiger partial charge in [-0.3, -0.25) is 9.59 Å². The van der Waals surface area contributed by atoms with E-state index in [2.05, 4.69) is 47.4 Å². The summed E-state index contributed by atoms with van der Waals surface area (Å²) >= 11 is 11.7. The molecule has 0 aliphatic rings. The maximum absolute atomic E-state index is 12.9. The summed E-state index contributed by atoms with van der Waals surface area (Å²) in [5.41, 5.74) is -0.248. The topological polar surface area (TPSA) is 52.6 Å². The van der Waals surface area contributed by atoms with Gasteiger partial charge in [0.15, 0.2) is 5.41 Å². The molecule has 0 aromatic heterocycles. The van der Waals surface area contributed by atoms with E-state index in [1.807, 2.05) is 0 Å². The minimum atomic E-state index is -1.71. The second kappa shape index (κ2) is 14.5. The predicted molar refractivity (Wildman–Crippen MR) is 137 cm³/mol. The van der Waals surface area contributed by atoms with Crippen molar-refractivity contribution in [1.29, 1.82) is 0 Å². The van der Waals surface area contributed by atoms with E-state index in [4.69, 9.17) is 32.7 Å². The van der Waals surface area contributed by atoms with E-state index in [0.29, 0.717) is 10.0 Å². The van der Waals surface area contributed by atoms with E-state index in [1.165, 1.54) is 0 Å². The fourth-order valence-corrected chi connectivity index (χ4v) is 2.98. The average Bonchev–Trinajstić information content (AvgIpc) is 2.85. The molecule has 176 valence electrons. The number of halogens is 2. The number of carbonyl (C=O) groups excluding carboxylic acids is 2. The Balaban J connectivity index is 2.28. The van der Waals surface area contributed by atoms with Crippen LogP contribution in [-0.2, 0) is 19.1 Å². The van der Waals surface area contributed by atoms with Crippen molar-refractivity contribution in [2.24, 2.45) is 5.41 Å². The molecule has 0 amide bonds. The largest absolute Gasteiger partial charge is 0.465 e. The molecular weight excluding hydrogens is 483 g/mol. The Morgan fingerprint density at radius 2 is 1.06 bits per heavy atom. The van der Waals surface area contributed by atoms with E-state index in [1.54, 1.807) is 62.4 Å². The standard InChI is InChI=1S/C29H22Cl2O4/c1-3-34-27(32)29(28(33)35-4-2,21-9-5-7-11-23-13-17-25(30)18-14-23)22-10-6-8-12-24-15-19-26(31)20-16-24/h13-20H,3-4,21-22H2,1-2H3. The molecule has 0 N–H and O–H groups in total. The van der Waals surface area contributed by atoms with E-state index in [0.717, 1.165) is 11.1 Å². The molecule has 0 atom stereocenters. The number of hydrogen-bond acceptors (Lipinski definition) is 4. The molecule has 0 saturated heterocycles. The lowest BCUT2D eigenvalue weighted by Crippen LogP contribution is -2.41. The third-order valence-electron chi connectivity index (χ3n) is 4.52. The van der Waals surface area contributed by atoms with Crippen LogP contribution in [0.1, 0.15) is 37.8 Å². The second-order valence-electron chi connectivity index (χ2n) is 6.99. The summed E-state index contributed by atoms with van der Waals surface area (Å²) < 4.78 is 10.4. The average molecular weight is 505 g/mol. The Morgan fingerprint density at radius 3 is 1.40 bits per heavy atom. The van der Waals surface area contributed by atoms with Crippen LogP contribution in [0.2, 0.25) is 10.0 Å². The van der Waals surface area contributed by atoms with Gasteiger partial charge < -0.3 is 9.47 Å². The molecule has 35 heavy (non-hydrogen) atoms. The molecule has 0 radical (unpaired) electrons. The van der Waals surface area contributed by atoms with Crippen LogP contribution in [0.5, 0.6) is 0 Å². The third kappa shape index (κ3) is 8.81. The SMILES string of the molecule is CCOC(=O)C(CC#CC#Cc1ccc(Cl)cc1)(CC#CC#Cc1ccc(Cl)cc1)C(=O)OCC. The molecule has 0 heterocycles. The number of esters is 2. The first-order chi connectivity index (χ1) is 16.9. The van der Waals surface area contributed by atoms with Gasteiger partial charge >= 0.3 is 11.9 Å². The van der Waals surface area contributed by atoms with Crippen molar-refractivity contribution in [2.75, 3.05) is 13.2 Å². The fraction of sp³-hybridized carbons (Fsp3) is 0.241. The minimum Gasteiger partial charge on any atom is -0.465 e. The molecule has 0 saturated carbocycles. The van der Waals surface area contributed by atoms with Crippen molar-refractivity contribution < 1.29 is 19.1 Å². The zero-order chi connectivity index (χ0) is 25.5. The van der Waals surface area contributed by atoms with E-state index >= 15 is 0 Å². The number of hydrogen-bond donors (Lipinski definition) is 0. The molecule has 2 aromatic carbocycles. The number of rotatable bonds is 6. The van der Waals surface area contributed by atoms with Crippen molar-refractivity contribution in [3.63, 3.8) is 0 Å². The molecule has 4 nitrogen and oxygen atoms in total. The third-order valence-corrected chi connectivity index (χ3v) is 5.02. The minimum absolute atomic E-state index is 0.0909. The van der Waals surface area contributed by atoms with Gasteiger partial charge in [-0.2, -0.15) is 0 Å². The summed E-state index contributed by atoms with van der Waals surface area (Å²) in [4.78, 5) is 25.7. The van der Waals surface area contributed by atoms with E-state index in [-0.39, 0.29) is 26.1 Å². The van der Waals surface area contributed by atoms with Gasteiger partial charge in [0.25, 0.3) is 0 Å². The van der Waals surface area contributed by atoms with Crippen molar-refractivity contribution in [3.8, 4) is 47.4 Å². The zero-order valence-corrected chi connectivity index (χ0v) is 20.8. The number of benzene rings is 2. The van der Waals surface area contributed by atoms with Crippen LogP contribution in [-0.4, -0.2) is 25.2 Å². The van der Waals surface area contributed by atoms with Gasteiger partial charge in [0, 0.05) is 34.0 Å². The van der Waals surface area contributed by atoms with E-state index < -0.39 is 17.4 Å². The first-order valence-electron chi connectivity index (χ1n) is 10.7. The van der Waals surface area contributed by atoms with Gasteiger partial charge in [-0.25, -0.2) is 0 Å². The number of ether oxygens (including phenoxy) is 2. The second-order valence-corrected chi connectivity index (χ2v) is 7.87. The Morgan fingerprint density at radius 1 is 0.686 bits per heavy atom. The van der Waals surface area contributed by atoms with Gasteiger partial charge in [-0.1, -0.05) is 46.9 Å². The highest BCUT2D eigenvalue weighted by atomic mass is 35.5. The van der Waals surface area contributed by atoms with Gasteiger partial charge in [-0.05, 0) is 86.1 Å². The molecule has 0 unspecified atom stereocenters. The summed E-state index contributed by atoms with van der Waals surface area (Å²) in [5, 5.41) is 1.21. The normalized spacial score (nSPS) is 9.49. The molecule has 6 heteroatoms. The summed E-state index contributed by atoms with van der Waals surface area (Å²) in [5.74, 6) is 20.6. The fourth-order valence-electron chi connectivity index (χ4n) is 2.72. The van der Waals surface area contributed by atoms with Crippen LogP contribution in [0.25, 0.3) is 0 Å². The maximum Gasteiger partial charge on any atom is 0.325 e. The van der Waals surface area contributed by atoms with Gasteiger partial charge in [0.05, 0.1) is 13.2 Å². The Kier molecular flexibility index (Phi) is 11.3. The smallest absolute Gasteiger partial charge is 0.325 e. The van der Waals surface area contributed by atoms with Crippen molar-refractivity contribution in [1.82, 2.24) is 0 Å². The molecule has 2 rings (SSSR count). The highest BCUT2D eigenvalue weighted by molar-refractivity contribution is 6.30.